The Morgan fingerprint density at radius 2 is 2.26 bits per heavy atom. The second kappa shape index (κ2) is 6.37. The third-order valence-electron chi connectivity index (χ3n) is 4.32. The lowest BCUT2D eigenvalue weighted by Gasteiger charge is -2.27. The Morgan fingerprint density at radius 3 is 3.00 bits per heavy atom. The molecule has 2 N–H and O–H groups in total. The standard InChI is InChI=1S/C16H21N5O2/c1-3-20-11(2)19-16(21(22)23)15(20)18-10-14-13-7-5-4-6-12(13)8-9-17-14/h4-7,14,17-18H,3,8-10H2,1-2H3. The number of nitrogens with zero attached hydrogens (tertiary/aromatic N) is 3. The summed E-state index contributed by atoms with van der Waals surface area (Å²) in [5.41, 5.74) is 2.60. The molecule has 0 radical (unpaired) electrons. The Morgan fingerprint density at radius 1 is 1.48 bits per heavy atom. The fraction of sp³-hybridized carbons (Fsp3) is 0.438. The lowest BCUT2D eigenvalue weighted by Crippen LogP contribution is -2.34. The summed E-state index contributed by atoms with van der Waals surface area (Å²) in [6.07, 6.45) is 1.01. The highest BCUT2D eigenvalue weighted by molar-refractivity contribution is 5.54. The molecule has 1 aliphatic heterocycles. The van der Waals surface area contributed by atoms with Crippen molar-refractivity contribution < 1.29 is 4.92 Å². The van der Waals surface area contributed by atoms with Gasteiger partial charge in [0.15, 0.2) is 0 Å². The topological polar surface area (TPSA) is 85.0 Å². The average molecular weight is 315 g/mol. The van der Waals surface area contributed by atoms with Crippen LogP contribution in [0, 0.1) is 17.0 Å². The van der Waals surface area contributed by atoms with Gasteiger partial charge in [0.2, 0.25) is 11.6 Å². The quantitative estimate of drug-likeness (QED) is 0.654. The second-order valence-corrected chi connectivity index (χ2v) is 5.67. The van der Waals surface area contributed by atoms with Crippen molar-refractivity contribution in [2.75, 3.05) is 18.4 Å². The largest absolute Gasteiger partial charge is 0.406 e. The molecule has 1 atom stereocenters. The van der Waals surface area contributed by atoms with Crippen molar-refractivity contribution in [1.82, 2.24) is 14.9 Å². The van der Waals surface area contributed by atoms with Gasteiger partial charge in [-0.3, -0.25) is 4.57 Å². The van der Waals surface area contributed by atoms with Crippen LogP contribution in [0.15, 0.2) is 24.3 Å². The molecule has 23 heavy (non-hydrogen) atoms. The minimum atomic E-state index is -0.427. The molecule has 2 heterocycles. The highest BCUT2D eigenvalue weighted by Crippen LogP contribution is 2.27. The highest BCUT2D eigenvalue weighted by atomic mass is 16.6. The van der Waals surface area contributed by atoms with Crippen LogP contribution in [0.5, 0.6) is 0 Å². The molecule has 0 bridgehead atoms. The zero-order valence-corrected chi connectivity index (χ0v) is 13.4. The maximum Gasteiger partial charge on any atom is 0.406 e. The van der Waals surface area contributed by atoms with Crippen LogP contribution in [0.2, 0.25) is 0 Å². The number of anilines is 1. The van der Waals surface area contributed by atoms with E-state index in [9.17, 15) is 10.1 Å². The number of hydrogen-bond donors (Lipinski definition) is 2. The number of imidazole rings is 1. The minimum absolute atomic E-state index is 0.103. The third-order valence-corrected chi connectivity index (χ3v) is 4.32. The summed E-state index contributed by atoms with van der Waals surface area (Å²) in [5.74, 6) is 1.03. The fourth-order valence-corrected chi connectivity index (χ4v) is 3.21. The van der Waals surface area contributed by atoms with E-state index in [0.29, 0.717) is 24.7 Å². The van der Waals surface area contributed by atoms with Gasteiger partial charge < -0.3 is 20.7 Å². The van der Waals surface area contributed by atoms with E-state index < -0.39 is 4.92 Å². The number of hydrogen-bond acceptors (Lipinski definition) is 5. The van der Waals surface area contributed by atoms with Gasteiger partial charge in [-0.25, -0.2) is 0 Å². The molecule has 0 saturated carbocycles. The number of nitro groups is 1. The number of aryl methyl sites for hydroxylation is 1. The SMILES string of the molecule is CCn1c(C)nc([N+](=O)[O-])c1NCC1NCCc2ccccc21. The van der Waals surface area contributed by atoms with Crippen molar-refractivity contribution in [2.45, 2.75) is 32.9 Å². The Balaban J connectivity index is 1.83. The van der Waals surface area contributed by atoms with Crippen LogP contribution in [-0.2, 0) is 13.0 Å². The Hall–Kier alpha value is -2.41. The normalized spacial score (nSPS) is 16.9. The van der Waals surface area contributed by atoms with Crippen LogP contribution < -0.4 is 10.6 Å². The van der Waals surface area contributed by atoms with Crippen LogP contribution in [-0.4, -0.2) is 27.6 Å². The zero-order chi connectivity index (χ0) is 16.4. The molecular formula is C16H21N5O2. The first kappa shape index (κ1) is 15.5. The maximum absolute atomic E-state index is 11.2. The van der Waals surface area contributed by atoms with E-state index in [4.69, 9.17) is 0 Å². The molecule has 3 rings (SSSR count). The molecule has 0 fully saturated rings. The lowest BCUT2D eigenvalue weighted by atomic mass is 9.94. The van der Waals surface area contributed by atoms with Crippen LogP contribution in [0.1, 0.15) is 29.9 Å². The Bertz CT molecular complexity index is 725. The van der Waals surface area contributed by atoms with Crippen molar-refractivity contribution in [2.24, 2.45) is 0 Å². The molecule has 1 unspecified atom stereocenters. The van der Waals surface area contributed by atoms with Crippen LogP contribution in [0.4, 0.5) is 11.6 Å². The molecule has 122 valence electrons. The Labute approximate surface area is 134 Å². The highest BCUT2D eigenvalue weighted by Gasteiger charge is 2.26. The van der Waals surface area contributed by atoms with Gasteiger partial charge in [0.05, 0.1) is 0 Å². The molecule has 1 aromatic carbocycles. The van der Waals surface area contributed by atoms with Crippen molar-refractivity contribution >= 4 is 11.6 Å². The molecule has 2 aromatic rings. The molecule has 0 amide bonds. The number of nitrogens with one attached hydrogen (secondary N) is 2. The summed E-state index contributed by atoms with van der Waals surface area (Å²) in [7, 11) is 0. The maximum atomic E-state index is 11.2. The average Bonchev–Trinajstić information content (AvgIpc) is 2.88. The van der Waals surface area contributed by atoms with Crippen LogP contribution in [0.3, 0.4) is 0 Å². The molecule has 7 heteroatoms. The monoisotopic (exact) mass is 315 g/mol. The van der Waals surface area contributed by atoms with Crippen molar-refractivity contribution in [1.29, 1.82) is 0 Å². The minimum Gasteiger partial charge on any atom is -0.362 e. The molecule has 1 aromatic heterocycles. The van der Waals surface area contributed by atoms with E-state index in [1.165, 1.54) is 11.1 Å². The van der Waals surface area contributed by atoms with Gasteiger partial charge >= 0.3 is 5.82 Å². The van der Waals surface area contributed by atoms with E-state index in [2.05, 4.69) is 33.8 Å². The third kappa shape index (κ3) is 2.92. The fourth-order valence-electron chi connectivity index (χ4n) is 3.21. The van der Waals surface area contributed by atoms with Gasteiger partial charge in [0, 0.05) is 26.1 Å². The second-order valence-electron chi connectivity index (χ2n) is 5.67. The molecular weight excluding hydrogens is 294 g/mol. The van der Waals surface area contributed by atoms with Gasteiger partial charge in [-0.05, 0) is 40.9 Å². The molecule has 0 spiro atoms. The summed E-state index contributed by atoms with van der Waals surface area (Å²) in [4.78, 5) is 14.9. The summed E-state index contributed by atoms with van der Waals surface area (Å²) in [5, 5.41) is 17.9. The predicted molar refractivity (Wildman–Crippen MR) is 88.7 cm³/mol. The number of benzene rings is 1. The van der Waals surface area contributed by atoms with Crippen molar-refractivity contribution in [3.05, 3.63) is 51.3 Å². The van der Waals surface area contributed by atoms with Gasteiger partial charge in [-0.2, -0.15) is 0 Å². The predicted octanol–water partition coefficient (Wildman–Crippen LogP) is 2.42. The lowest BCUT2D eigenvalue weighted by molar-refractivity contribution is -0.388. The summed E-state index contributed by atoms with van der Waals surface area (Å²) < 4.78 is 1.84. The van der Waals surface area contributed by atoms with Crippen LogP contribution in [0.25, 0.3) is 0 Å². The van der Waals surface area contributed by atoms with Crippen molar-refractivity contribution in [3.63, 3.8) is 0 Å². The first-order valence-electron chi connectivity index (χ1n) is 7.88. The zero-order valence-electron chi connectivity index (χ0n) is 13.4. The van der Waals surface area contributed by atoms with Crippen molar-refractivity contribution in [3.8, 4) is 0 Å². The number of fused-ring (bicyclic) bond motifs is 1. The molecule has 0 aliphatic carbocycles. The molecule has 1 aliphatic rings. The van der Waals surface area contributed by atoms with E-state index in [0.717, 1.165) is 13.0 Å². The molecule has 7 nitrogen and oxygen atoms in total. The smallest absolute Gasteiger partial charge is 0.362 e. The summed E-state index contributed by atoms with van der Waals surface area (Å²) in [6.45, 7) is 5.89. The van der Waals surface area contributed by atoms with Gasteiger partial charge in [-0.1, -0.05) is 24.3 Å². The van der Waals surface area contributed by atoms with Gasteiger partial charge in [0.25, 0.3) is 0 Å². The first-order valence-corrected chi connectivity index (χ1v) is 7.88. The summed E-state index contributed by atoms with van der Waals surface area (Å²) >= 11 is 0. The van der Waals surface area contributed by atoms with E-state index in [1.54, 1.807) is 6.92 Å². The summed E-state index contributed by atoms with van der Waals surface area (Å²) in [6, 6.07) is 8.48. The van der Waals surface area contributed by atoms with Gasteiger partial charge in [0.1, 0.15) is 0 Å². The van der Waals surface area contributed by atoms with E-state index in [1.807, 2.05) is 17.6 Å². The van der Waals surface area contributed by atoms with E-state index >= 15 is 0 Å². The number of rotatable bonds is 5. The van der Waals surface area contributed by atoms with Crippen LogP contribution >= 0.6 is 0 Å². The van der Waals surface area contributed by atoms with E-state index in [-0.39, 0.29) is 11.9 Å². The number of aromatic nitrogens is 2. The molecule has 0 saturated heterocycles. The Kier molecular flexibility index (Phi) is 4.29. The van der Waals surface area contributed by atoms with Gasteiger partial charge in [-0.15, -0.1) is 0 Å². The first-order chi connectivity index (χ1) is 11.1.